The number of rotatable bonds is 8. The van der Waals surface area contributed by atoms with Gasteiger partial charge in [0, 0.05) is 31.1 Å². The van der Waals surface area contributed by atoms with Gasteiger partial charge in [0.25, 0.3) is 11.8 Å². The van der Waals surface area contributed by atoms with Crippen LogP contribution in [0.1, 0.15) is 77.4 Å². The van der Waals surface area contributed by atoms with Gasteiger partial charge in [-0.3, -0.25) is 19.3 Å². The van der Waals surface area contributed by atoms with Gasteiger partial charge in [-0.2, -0.15) is 0 Å². The van der Waals surface area contributed by atoms with Crippen molar-refractivity contribution in [1.29, 1.82) is 0 Å². The molecule has 0 spiro atoms. The van der Waals surface area contributed by atoms with E-state index < -0.39 is 6.17 Å². The molecular formula is C31H38N4O5. The highest BCUT2D eigenvalue weighted by atomic mass is 16.5. The molecule has 0 saturated carbocycles. The molecule has 40 heavy (non-hydrogen) atoms. The first kappa shape index (κ1) is 26.6. The van der Waals surface area contributed by atoms with E-state index in [1.807, 2.05) is 12.1 Å². The lowest BCUT2D eigenvalue weighted by Gasteiger charge is -2.44. The number of methoxy groups -OCH3 is 2. The molecule has 3 amide bonds. The normalized spacial score (nSPS) is 23.7. The lowest BCUT2D eigenvalue weighted by atomic mass is 9.83. The topological polar surface area (TPSA) is 91.4 Å². The zero-order valence-electron chi connectivity index (χ0n) is 23.4. The first-order valence-electron chi connectivity index (χ1n) is 14.5. The van der Waals surface area contributed by atoms with E-state index in [1.165, 1.54) is 59.4 Å². The summed E-state index contributed by atoms with van der Waals surface area (Å²) in [5, 5.41) is 3.18. The van der Waals surface area contributed by atoms with Crippen molar-refractivity contribution < 1.29 is 23.9 Å². The number of ether oxygens (including phenoxy) is 2. The van der Waals surface area contributed by atoms with Crippen LogP contribution in [-0.4, -0.2) is 74.0 Å². The third-order valence-corrected chi connectivity index (χ3v) is 9.08. The molecule has 2 aromatic carbocycles. The molecule has 3 atom stereocenters. The molecule has 1 N–H and O–H groups in total. The fourth-order valence-electron chi connectivity index (χ4n) is 7.21. The van der Waals surface area contributed by atoms with Crippen molar-refractivity contribution in [3.63, 3.8) is 0 Å². The zero-order chi connectivity index (χ0) is 27.8. The molecule has 6 rings (SSSR count). The number of nitrogens with zero attached hydrogens (tertiary/aromatic N) is 3. The van der Waals surface area contributed by atoms with Crippen molar-refractivity contribution in [2.75, 3.05) is 45.3 Å². The van der Waals surface area contributed by atoms with Crippen LogP contribution in [-0.2, 0) is 4.79 Å². The molecular weight excluding hydrogens is 508 g/mol. The van der Waals surface area contributed by atoms with Gasteiger partial charge in [-0.1, -0.05) is 24.6 Å². The minimum Gasteiger partial charge on any atom is -0.493 e. The Morgan fingerprint density at radius 2 is 1.80 bits per heavy atom. The van der Waals surface area contributed by atoms with Crippen molar-refractivity contribution in [1.82, 2.24) is 15.1 Å². The summed E-state index contributed by atoms with van der Waals surface area (Å²) in [5.74, 6) is 0.980. The number of para-hydroxylation sites is 1. The molecule has 0 bridgehead atoms. The monoisotopic (exact) mass is 546 g/mol. The molecule has 2 aromatic rings. The Morgan fingerprint density at radius 1 is 0.975 bits per heavy atom. The average molecular weight is 547 g/mol. The number of hydrogen-bond acceptors (Lipinski definition) is 6. The Balaban J connectivity index is 1.17. The predicted molar refractivity (Wildman–Crippen MR) is 151 cm³/mol. The van der Waals surface area contributed by atoms with Gasteiger partial charge in [-0.15, -0.1) is 0 Å². The maximum absolute atomic E-state index is 13.8. The molecule has 212 valence electrons. The van der Waals surface area contributed by atoms with Gasteiger partial charge >= 0.3 is 0 Å². The smallest absolute Gasteiger partial charge is 0.264 e. The molecule has 0 unspecified atom stereocenters. The maximum Gasteiger partial charge on any atom is 0.264 e. The Bertz CT molecular complexity index is 1310. The van der Waals surface area contributed by atoms with Crippen LogP contribution >= 0.6 is 0 Å². The molecule has 0 aliphatic carbocycles. The van der Waals surface area contributed by atoms with E-state index in [1.54, 1.807) is 34.1 Å². The van der Waals surface area contributed by atoms with Gasteiger partial charge in [0.1, 0.15) is 6.17 Å². The predicted octanol–water partition coefficient (Wildman–Crippen LogP) is 3.98. The summed E-state index contributed by atoms with van der Waals surface area (Å²) in [6, 6.07) is 11.4. The first-order valence-corrected chi connectivity index (χ1v) is 14.5. The third-order valence-electron chi connectivity index (χ3n) is 9.08. The largest absolute Gasteiger partial charge is 0.493 e. The highest BCUT2D eigenvalue weighted by Gasteiger charge is 2.49. The molecule has 4 aliphatic heterocycles. The van der Waals surface area contributed by atoms with Crippen molar-refractivity contribution in [3.8, 4) is 11.5 Å². The summed E-state index contributed by atoms with van der Waals surface area (Å²) in [7, 11) is 3.05. The van der Waals surface area contributed by atoms with Crippen LogP contribution < -0.4 is 19.7 Å². The Labute approximate surface area is 235 Å². The minimum atomic E-state index is -0.604. The number of carbonyl (C=O) groups excluding carboxylic acids is 3. The van der Waals surface area contributed by atoms with E-state index in [9.17, 15) is 14.4 Å². The molecule has 4 aliphatic rings. The van der Waals surface area contributed by atoms with Crippen LogP contribution in [0, 0.1) is 5.92 Å². The minimum absolute atomic E-state index is 0.0175. The Kier molecular flexibility index (Phi) is 7.40. The molecule has 9 nitrogen and oxygen atoms in total. The second-order valence-corrected chi connectivity index (χ2v) is 11.2. The van der Waals surface area contributed by atoms with E-state index in [0.717, 1.165) is 6.54 Å². The highest BCUT2D eigenvalue weighted by molar-refractivity contribution is 6.18. The first-order chi connectivity index (χ1) is 19.5. The number of fused-ring (bicyclic) bond motifs is 6. The van der Waals surface area contributed by atoms with Gasteiger partial charge in [-0.25, -0.2) is 0 Å². The summed E-state index contributed by atoms with van der Waals surface area (Å²) >= 11 is 0. The number of hydrogen-bond donors (Lipinski definition) is 1. The van der Waals surface area contributed by atoms with Crippen molar-refractivity contribution >= 4 is 23.4 Å². The summed E-state index contributed by atoms with van der Waals surface area (Å²) in [6.45, 7) is 3.44. The number of anilines is 1. The number of piperidine rings is 2. The fourth-order valence-corrected chi connectivity index (χ4v) is 7.21. The van der Waals surface area contributed by atoms with Crippen LogP contribution in [0.4, 0.5) is 5.69 Å². The number of nitrogens with one attached hydrogen (secondary N) is 1. The van der Waals surface area contributed by atoms with Gasteiger partial charge in [0.15, 0.2) is 11.5 Å². The molecule has 2 saturated heterocycles. The third kappa shape index (κ3) is 4.50. The lowest BCUT2D eigenvalue weighted by Crippen LogP contribution is -2.51. The summed E-state index contributed by atoms with van der Waals surface area (Å²) in [6.07, 6.45) is 6.38. The second kappa shape index (κ2) is 11.1. The van der Waals surface area contributed by atoms with Crippen molar-refractivity contribution in [2.24, 2.45) is 5.92 Å². The standard InChI is InChI=1S/C31H38N4O5/c1-39-25-15-14-22-27(28(25)40-2)31(38)35-24-12-4-3-10-21(24)30(37)34(29(22)35)18-8-13-26(36)32-19-20-9-7-17-33-16-6-5-11-23(20)33/h3-4,10,12,14-15,20,23,29H,5-9,11,13,16-19H2,1-2H3,(H,32,36)/t20-,23+,29+/m0/s1. The van der Waals surface area contributed by atoms with Gasteiger partial charge in [0.05, 0.1) is 31.0 Å². The summed E-state index contributed by atoms with van der Waals surface area (Å²) < 4.78 is 11.0. The Morgan fingerprint density at radius 3 is 2.62 bits per heavy atom. The quantitative estimate of drug-likeness (QED) is 0.539. The van der Waals surface area contributed by atoms with Crippen LogP contribution in [0.25, 0.3) is 0 Å². The van der Waals surface area contributed by atoms with Gasteiger partial charge in [0.2, 0.25) is 5.91 Å². The van der Waals surface area contributed by atoms with Crippen LogP contribution in [0.5, 0.6) is 11.5 Å². The van der Waals surface area contributed by atoms with Crippen LogP contribution in [0.15, 0.2) is 36.4 Å². The fraction of sp³-hybridized carbons (Fsp3) is 0.516. The summed E-state index contributed by atoms with van der Waals surface area (Å²) in [4.78, 5) is 46.4. The van der Waals surface area contributed by atoms with Gasteiger partial charge < -0.3 is 24.6 Å². The number of carbonyl (C=O) groups is 3. The molecule has 0 radical (unpaired) electrons. The van der Waals surface area contributed by atoms with E-state index >= 15 is 0 Å². The molecule has 2 fully saturated rings. The number of amides is 3. The maximum atomic E-state index is 13.8. The lowest BCUT2D eigenvalue weighted by molar-refractivity contribution is -0.121. The van der Waals surface area contributed by atoms with Crippen molar-refractivity contribution in [2.45, 2.75) is 57.2 Å². The van der Waals surface area contributed by atoms with E-state index in [4.69, 9.17) is 9.47 Å². The average Bonchev–Trinajstić information content (AvgIpc) is 3.29. The van der Waals surface area contributed by atoms with Crippen LogP contribution in [0.3, 0.4) is 0 Å². The van der Waals surface area contributed by atoms with E-state index in [2.05, 4.69) is 10.2 Å². The van der Waals surface area contributed by atoms with Crippen LogP contribution in [0.2, 0.25) is 0 Å². The molecule has 4 heterocycles. The zero-order valence-corrected chi connectivity index (χ0v) is 23.4. The molecule has 9 heteroatoms. The summed E-state index contributed by atoms with van der Waals surface area (Å²) in [5.41, 5.74) is 2.16. The number of benzene rings is 2. The Hall–Kier alpha value is -3.59. The van der Waals surface area contributed by atoms with E-state index in [0.29, 0.717) is 65.2 Å². The SMILES string of the molecule is COc1ccc2c(c1OC)C(=O)N1c3ccccc3C(=O)N(CCCC(=O)NC[C@@H]3CCCN4CCCC[C@H]34)[C@@H]21. The van der Waals surface area contributed by atoms with E-state index in [-0.39, 0.29) is 17.7 Å². The second-order valence-electron chi connectivity index (χ2n) is 11.2. The van der Waals surface area contributed by atoms with Gasteiger partial charge in [-0.05, 0) is 69.3 Å². The molecule has 0 aromatic heterocycles. The highest BCUT2D eigenvalue weighted by Crippen LogP contribution is 2.49. The van der Waals surface area contributed by atoms with Crippen molar-refractivity contribution in [3.05, 3.63) is 53.1 Å².